The Morgan fingerprint density at radius 1 is 0.875 bits per heavy atom. The Hall–Kier alpha value is -2.58. The third kappa shape index (κ3) is 4.91. The van der Waals surface area contributed by atoms with E-state index in [9.17, 15) is 0 Å². The van der Waals surface area contributed by atoms with Gasteiger partial charge in [0, 0.05) is 11.1 Å². The zero-order chi connectivity index (χ0) is 22.5. The Labute approximate surface area is 195 Å². The Morgan fingerprint density at radius 3 is 2.09 bits per heavy atom. The highest BCUT2D eigenvalue weighted by Gasteiger charge is 2.20. The lowest BCUT2D eigenvalue weighted by Crippen LogP contribution is -2.06. The Kier molecular flexibility index (Phi) is 7.32. The molecule has 0 radical (unpaired) electrons. The highest BCUT2D eigenvalue weighted by atomic mass is 35.5. The van der Waals surface area contributed by atoms with Crippen molar-refractivity contribution in [3.8, 4) is 28.0 Å². The fourth-order valence-electron chi connectivity index (χ4n) is 4.58. The molecule has 3 aromatic carbocycles. The zero-order valence-electron chi connectivity index (χ0n) is 18.8. The van der Waals surface area contributed by atoms with Gasteiger partial charge in [-0.2, -0.15) is 0 Å². The number of allylic oxidation sites excluding steroid dienone is 2. The number of halogens is 2. The lowest BCUT2D eigenvalue weighted by molar-refractivity contribution is 0.340. The van der Waals surface area contributed by atoms with E-state index in [1.807, 2.05) is 67.6 Å². The standard InChI is InChI=1S/C29H30ClFO/c1-3-5-20-6-8-24(9-7-20)27-19-18-26(28(30)29(27)31)23-12-10-21(11-13-23)22-14-16-25(17-15-22)32-4-2/h8,10-20H,3-7,9H2,1-2H3. The van der Waals surface area contributed by atoms with Gasteiger partial charge in [0.15, 0.2) is 0 Å². The van der Waals surface area contributed by atoms with Crippen LogP contribution in [-0.4, -0.2) is 6.61 Å². The van der Waals surface area contributed by atoms with Crippen LogP contribution in [0, 0.1) is 11.7 Å². The number of ether oxygens (including phenoxy) is 1. The highest BCUT2D eigenvalue weighted by molar-refractivity contribution is 6.33. The summed E-state index contributed by atoms with van der Waals surface area (Å²) in [5, 5.41) is 0.202. The molecular weight excluding hydrogens is 419 g/mol. The van der Waals surface area contributed by atoms with Gasteiger partial charge in [-0.1, -0.05) is 86.0 Å². The lowest BCUT2D eigenvalue weighted by atomic mass is 9.84. The largest absolute Gasteiger partial charge is 0.494 e. The maximum Gasteiger partial charge on any atom is 0.149 e. The molecule has 0 amide bonds. The SMILES string of the molecule is CCCC1CC=C(c2ccc(-c3ccc(-c4ccc(OCC)cc4)cc3)c(Cl)c2F)CC1. The number of rotatable bonds is 7. The van der Waals surface area contributed by atoms with Gasteiger partial charge in [0.05, 0.1) is 11.6 Å². The second kappa shape index (κ2) is 10.4. The minimum Gasteiger partial charge on any atom is -0.494 e. The lowest BCUT2D eigenvalue weighted by Gasteiger charge is -2.22. The monoisotopic (exact) mass is 448 g/mol. The van der Waals surface area contributed by atoms with E-state index in [4.69, 9.17) is 16.3 Å². The van der Waals surface area contributed by atoms with E-state index in [2.05, 4.69) is 13.0 Å². The first-order valence-electron chi connectivity index (χ1n) is 11.6. The van der Waals surface area contributed by atoms with Gasteiger partial charge < -0.3 is 4.74 Å². The quantitative estimate of drug-likeness (QED) is 0.350. The third-order valence-corrected chi connectivity index (χ3v) is 6.71. The molecule has 0 spiro atoms. The van der Waals surface area contributed by atoms with Crippen LogP contribution in [0.5, 0.6) is 5.75 Å². The van der Waals surface area contributed by atoms with Crippen molar-refractivity contribution in [1.82, 2.24) is 0 Å². The first-order chi connectivity index (χ1) is 15.6. The van der Waals surface area contributed by atoms with E-state index in [0.717, 1.165) is 58.8 Å². The van der Waals surface area contributed by atoms with E-state index < -0.39 is 0 Å². The molecule has 166 valence electrons. The Bertz CT molecular complexity index is 1080. The molecule has 0 bridgehead atoms. The van der Waals surface area contributed by atoms with Crippen LogP contribution in [0.15, 0.2) is 66.7 Å². The van der Waals surface area contributed by atoms with Crippen molar-refractivity contribution >= 4 is 17.2 Å². The molecule has 0 aliphatic heterocycles. The summed E-state index contributed by atoms with van der Waals surface area (Å²) in [7, 11) is 0. The minimum absolute atomic E-state index is 0.202. The van der Waals surface area contributed by atoms with Crippen LogP contribution in [0.3, 0.4) is 0 Å². The molecule has 1 atom stereocenters. The normalized spacial score (nSPS) is 16.0. The maximum atomic E-state index is 15.2. The van der Waals surface area contributed by atoms with E-state index >= 15 is 4.39 Å². The molecule has 3 aromatic rings. The van der Waals surface area contributed by atoms with Gasteiger partial charge in [-0.15, -0.1) is 0 Å². The molecule has 1 aliphatic rings. The van der Waals surface area contributed by atoms with Crippen LogP contribution < -0.4 is 4.74 Å². The molecular formula is C29H30ClFO. The van der Waals surface area contributed by atoms with Crippen LogP contribution in [0.25, 0.3) is 27.8 Å². The zero-order valence-corrected chi connectivity index (χ0v) is 19.6. The number of hydrogen-bond acceptors (Lipinski definition) is 1. The fourth-order valence-corrected chi connectivity index (χ4v) is 4.85. The minimum atomic E-state index is -0.306. The molecule has 4 rings (SSSR count). The molecule has 0 saturated carbocycles. The van der Waals surface area contributed by atoms with Gasteiger partial charge in [0.25, 0.3) is 0 Å². The average molecular weight is 449 g/mol. The van der Waals surface area contributed by atoms with Crippen LogP contribution >= 0.6 is 11.6 Å². The second-order valence-corrected chi connectivity index (χ2v) is 8.86. The number of benzene rings is 3. The molecule has 0 fully saturated rings. The summed E-state index contributed by atoms with van der Waals surface area (Å²) < 4.78 is 20.8. The highest BCUT2D eigenvalue weighted by Crippen LogP contribution is 2.39. The van der Waals surface area contributed by atoms with E-state index in [1.165, 1.54) is 12.8 Å². The van der Waals surface area contributed by atoms with Gasteiger partial charge in [0.2, 0.25) is 0 Å². The second-order valence-electron chi connectivity index (χ2n) is 8.48. The Morgan fingerprint density at radius 2 is 1.50 bits per heavy atom. The molecule has 1 unspecified atom stereocenters. The summed E-state index contributed by atoms with van der Waals surface area (Å²) in [5.74, 6) is 1.29. The maximum absolute atomic E-state index is 15.2. The van der Waals surface area contributed by atoms with E-state index in [1.54, 1.807) is 0 Å². The molecule has 0 saturated heterocycles. The van der Waals surface area contributed by atoms with Gasteiger partial charge in [-0.05, 0) is 66.5 Å². The average Bonchev–Trinajstić information content (AvgIpc) is 2.83. The summed E-state index contributed by atoms with van der Waals surface area (Å²) in [5.41, 5.74) is 5.59. The fraction of sp³-hybridized carbons (Fsp3) is 0.310. The predicted molar refractivity (Wildman–Crippen MR) is 134 cm³/mol. The molecule has 0 aromatic heterocycles. The van der Waals surface area contributed by atoms with Crippen LogP contribution in [0.4, 0.5) is 4.39 Å². The molecule has 1 aliphatic carbocycles. The topological polar surface area (TPSA) is 9.23 Å². The first kappa shape index (κ1) is 22.6. The molecule has 0 heterocycles. The van der Waals surface area contributed by atoms with Crippen molar-refractivity contribution in [2.45, 2.75) is 46.0 Å². The smallest absolute Gasteiger partial charge is 0.149 e. The van der Waals surface area contributed by atoms with Crippen molar-refractivity contribution in [3.05, 3.63) is 83.1 Å². The van der Waals surface area contributed by atoms with Crippen molar-refractivity contribution in [2.75, 3.05) is 6.61 Å². The van der Waals surface area contributed by atoms with Gasteiger partial charge in [-0.25, -0.2) is 4.39 Å². The van der Waals surface area contributed by atoms with Gasteiger partial charge in [-0.3, -0.25) is 0 Å². The Balaban J connectivity index is 1.55. The molecule has 3 heteroatoms. The van der Waals surface area contributed by atoms with Crippen molar-refractivity contribution in [1.29, 1.82) is 0 Å². The van der Waals surface area contributed by atoms with Crippen molar-refractivity contribution in [3.63, 3.8) is 0 Å². The first-order valence-corrected chi connectivity index (χ1v) is 12.0. The van der Waals surface area contributed by atoms with Crippen LogP contribution in [0.1, 0.15) is 51.5 Å². The third-order valence-electron chi connectivity index (χ3n) is 6.34. The van der Waals surface area contributed by atoms with Crippen LogP contribution in [0.2, 0.25) is 5.02 Å². The predicted octanol–water partition coefficient (Wildman–Crippen LogP) is 9.20. The van der Waals surface area contributed by atoms with E-state index in [0.29, 0.717) is 12.2 Å². The van der Waals surface area contributed by atoms with Gasteiger partial charge in [0.1, 0.15) is 11.6 Å². The summed E-state index contributed by atoms with van der Waals surface area (Å²) in [6.07, 6.45) is 7.76. The summed E-state index contributed by atoms with van der Waals surface area (Å²) in [6, 6.07) is 20.0. The summed E-state index contributed by atoms with van der Waals surface area (Å²) in [4.78, 5) is 0. The number of hydrogen-bond donors (Lipinski definition) is 0. The molecule has 0 N–H and O–H groups in total. The van der Waals surface area contributed by atoms with Crippen LogP contribution in [-0.2, 0) is 0 Å². The molecule has 32 heavy (non-hydrogen) atoms. The van der Waals surface area contributed by atoms with E-state index in [-0.39, 0.29) is 10.8 Å². The molecule has 1 nitrogen and oxygen atoms in total. The van der Waals surface area contributed by atoms with Gasteiger partial charge >= 0.3 is 0 Å². The van der Waals surface area contributed by atoms with Crippen molar-refractivity contribution in [2.24, 2.45) is 5.92 Å². The summed E-state index contributed by atoms with van der Waals surface area (Å²) in [6.45, 7) is 4.85. The van der Waals surface area contributed by atoms with Crippen molar-refractivity contribution < 1.29 is 9.13 Å². The summed E-state index contributed by atoms with van der Waals surface area (Å²) >= 11 is 6.52.